The highest BCUT2D eigenvalue weighted by Crippen LogP contribution is 2.32. The van der Waals surface area contributed by atoms with Crippen LogP contribution < -0.4 is 10.6 Å². The van der Waals surface area contributed by atoms with Crippen molar-refractivity contribution in [3.05, 3.63) is 35.4 Å². The average molecular weight is 303 g/mol. The molecule has 1 heterocycles. The molecule has 3 amide bonds. The first-order valence-electron chi connectivity index (χ1n) is 7.67. The van der Waals surface area contributed by atoms with Crippen LogP contribution in [0.4, 0.5) is 4.79 Å². The molecule has 0 aromatic heterocycles. The maximum atomic E-state index is 11.6. The number of urea groups is 1. The van der Waals surface area contributed by atoms with Gasteiger partial charge in [-0.05, 0) is 17.9 Å². The SMILES string of the molecule is Cc1cccc([C@H](NCCN2C(=O)CNC2=O)C(C)(C)C)c1. The fourth-order valence-electron chi connectivity index (χ4n) is 2.78. The number of aryl methyl sites for hydroxylation is 1. The van der Waals surface area contributed by atoms with Crippen LogP contribution >= 0.6 is 0 Å². The van der Waals surface area contributed by atoms with E-state index in [1.807, 2.05) is 0 Å². The zero-order chi connectivity index (χ0) is 16.3. The molecule has 1 aliphatic heterocycles. The Bertz CT molecular complexity index is 547. The lowest BCUT2D eigenvalue weighted by atomic mass is 9.82. The largest absolute Gasteiger partial charge is 0.329 e. The molecule has 120 valence electrons. The zero-order valence-corrected chi connectivity index (χ0v) is 13.8. The molecule has 0 bridgehead atoms. The molecule has 2 N–H and O–H groups in total. The van der Waals surface area contributed by atoms with Gasteiger partial charge in [0, 0.05) is 19.1 Å². The fourth-order valence-corrected chi connectivity index (χ4v) is 2.78. The number of rotatable bonds is 5. The first kappa shape index (κ1) is 16.5. The molecule has 1 aromatic rings. The van der Waals surface area contributed by atoms with Crippen molar-refractivity contribution >= 4 is 11.9 Å². The van der Waals surface area contributed by atoms with Gasteiger partial charge in [-0.15, -0.1) is 0 Å². The zero-order valence-electron chi connectivity index (χ0n) is 13.8. The van der Waals surface area contributed by atoms with Gasteiger partial charge >= 0.3 is 6.03 Å². The summed E-state index contributed by atoms with van der Waals surface area (Å²) in [6.07, 6.45) is 0. The van der Waals surface area contributed by atoms with Crippen LogP contribution in [0, 0.1) is 12.3 Å². The number of hydrogen-bond donors (Lipinski definition) is 2. The van der Waals surface area contributed by atoms with E-state index in [0.717, 1.165) is 0 Å². The number of carbonyl (C=O) groups excluding carboxylic acids is 2. The third-order valence-corrected chi connectivity index (χ3v) is 3.86. The number of nitrogens with zero attached hydrogens (tertiary/aromatic N) is 1. The number of nitrogens with one attached hydrogen (secondary N) is 2. The van der Waals surface area contributed by atoms with Gasteiger partial charge in [-0.25, -0.2) is 4.79 Å². The molecular formula is C17H25N3O2. The minimum Gasteiger partial charge on any atom is -0.329 e. The summed E-state index contributed by atoms with van der Waals surface area (Å²) in [7, 11) is 0. The average Bonchev–Trinajstić information content (AvgIpc) is 2.73. The summed E-state index contributed by atoms with van der Waals surface area (Å²) >= 11 is 0. The molecule has 1 aliphatic rings. The monoisotopic (exact) mass is 303 g/mol. The minimum atomic E-state index is -0.297. The summed E-state index contributed by atoms with van der Waals surface area (Å²) in [6.45, 7) is 9.70. The Labute approximate surface area is 132 Å². The van der Waals surface area contributed by atoms with Crippen molar-refractivity contribution in [2.45, 2.75) is 33.7 Å². The second kappa shape index (κ2) is 6.48. The Morgan fingerprint density at radius 1 is 1.32 bits per heavy atom. The highest BCUT2D eigenvalue weighted by Gasteiger charge is 2.29. The van der Waals surface area contributed by atoms with E-state index in [1.165, 1.54) is 16.0 Å². The topological polar surface area (TPSA) is 61.4 Å². The van der Waals surface area contributed by atoms with Gasteiger partial charge in [0.1, 0.15) is 0 Å². The number of carbonyl (C=O) groups is 2. The summed E-state index contributed by atoms with van der Waals surface area (Å²) in [6, 6.07) is 8.29. The molecule has 0 radical (unpaired) electrons. The highest BCUT2D eigenvalue weighted by atomic mass is 16.2. The van der Waals surface area contributed by atoms with E-state index in [4.69, 9.17) is 0 Å². The Hall–Kier alpha value is -1.88. The van der Waals surface area contributed by atoms with Crippen molar-refractivity contribution < 1.29 is 9.59 Å². The van der Waals surface area contributed by atoms with Gasteiger partial charge in [0.15, 0.2) is 0 Å². The maximum absolute atomic E-state index is 11.6. The van der Waals surface area contributed by atoms with Crippen LogP contribution in [0.15, 0.2) is 24.3 Å². The van der Waals surface area contributed by atoms with Crippen LogP contribution in [0.1, 0.15) is 37.9 Å². The second-order valence-corrected chi connectivity index (χ2v) is 6.87. The van der Waals surface area contributed by atoms with Gasteiger partial charge in [0.2, 0.25) is 5.91 Å². The molecule has 1 saturated heterocycles. The van der Waals surface area contributed by atoms with E-state index in [1.54, 1.807) is 0 Å². The van der Waals surface area contributed by atoms with Gasteiger partial charge in [-0.3, -0.25) is 9.69 Å². The highest BCUT2D eigenvalue weighted by molar-refractivity contribution is 6.01. The smallest absolute Gasteiger partial charge is 0.324 e. The molecule has 1 atom stereocenters. The van der Waals surface area contributed by atoms with Crippen molar-refractivity contribution in [2.24, 2.45) is 5.41 Å². The van der Waals surface area contributed by atoms with Crippen molar-refractivity contribution in [3.63, 3.8) is 0 Å². The van der Waals surface area contributed by atoms with Crippen molar-refractivity contribution in [2.75, 3.05) is 19.6 Å². The van der Waals surface area contributed by atoms with E-state index >= 15 is 0 Å². The van der Waals surface area contributed by atoms with Gasteiger partial charge in [0.05, 0.1) is 6.54 Å². The lowest BCUT2D eigenvalue weighted by molar-refractivity contribution is -0.124. The van der Waals surface area contributed by atoms with Crippen LogP contribution in [0.2, 0.25) is 0 Å². The Morgan fingerprint density at radius 2 is 2.05 bits per heavy atom. The Kier molecular flexibility index (Phi) is 4.86. The van der Waals surface area contributed by atoms with Crippen LogP contribution in [-0.2, 0) is 4.79 Å². The van der Waals surface area contributed by atoms with E-state index < -0.39 is 0 Å². The molecule has 5 nitrogen and oxygen atoms in total. The van der Waals surface area contributed by atoms with E-state index in [2.05, 4.69) is 62.6 Å². The van der Waals surface area contributed by atoms with E-state index in [0.29, 0.717) is 13.1 Å². The van der Waals surface area contributed by atoms with Crippen LogP contribution in [-0.4, -0.2) is 36.5 Å². The number of benzene rings is 1. The van der Waals surface area contributed by atoms with E-state index in [9.17, 15) is 9.59 Å². The summed E-state index contributed by atoms with van der Waals surface area (Å²) in [5.41, 5.74) is 2.48. The normalized spacial score (nSPS) is 16.8. The van der Waals surface area contributed by atoms with Crippen LogP contribution in [0.25, 0.3) is 0 Å². The summed E-state index contributed by atoms with van der Waals surface area (Å²) in [5, 5.41) is 6.03. The predicted molar refractivity (Wildman–Crippen MR) is 86.5 cm³/mol. The van der Waals surface area contributed by atoms with E-state index in [-0.39, 0.29) is 29.9 Å². The van der Waals surface area contributed by atoms with Gasteiger partial charge in [-0.2, -0.15) is 0 Å². The third kappa shape index (κ3) is 3.85. The van der Waals surface area contributed by atoms with Gasteiger partial charge in [-0.1, -0.05) is 50.6 Å². The molecule has 1 fully saturated rings. The minimum absolute atomic E-state index is 0.0328. The quantitative estimate of drug-likeness (QED) is 0.820. The van der Waals surface area contributed by atoms with Crippen LogP contribution in [0.5, 0.6) is 0 Å². The van der Waals surface area contributed by atoms with Crippen molar-refractivity contribution in [1.29, 1.82) is 0 Å². The number of hydrogen-bond acceptors (Lipinski definition) is 3. The molecule has 0 spiro atoms. The Balaban J connectivity index is 2.02. The molecule has 2 rings (SSSR count). The Morgan fingerprint density at radius 3 is 2.59 bits per heavy atom. The first-order chi connectivity index (χ1) is 10.3. The van der Waals surface area contributed by atoms with Crippen molar-refractivity contribution in [1.82, 2.24) is 15.5 Å². The van der Waals surface area contributed by atoms with Crippen molar-refractivity contribution in [3.8, 4) is 0 Å². The summed E-state index contributed by atoms with van der Waals surface area (Å²) in [4.78, 5) is 24.4. The number of amides is 3. The number of imide groups is 1. The fraction of sp³-hybridized carbons (Fsp3) is 0.529. The predicted octanol–water partition coefficient (Wildman–Crippen LogP) is 2.22. The van der Waals surface area contributed by atoms with Crippen LogP contribution in [0.3, 0.4) is 0 Å². The van der Waals surface area contributed by atoms with Gasteiger partial charge in [0.25, 0.3) is 0 Å². The first-order valence-corrected chi connectivity index (χ1v) is 7.67. The van der Waals surface area contributed by atoms with Gasteiger partial charge < -0.3 is 10.6 Å². The summed E-state index contributed by atoms with van der Waals surface area (Å²) in [5.74, 6) is -0.158. The lowest BCUT2D eigenvalue weighted by Crippen LogP contribution is -2.40. The standard InChI is InChI=1S/C17H25N3O2/c1-12-6-5-7-13(10-12)15(17(2,3)4)18-8-9-20-14(21)11-19-16(20)22/h5-7,10,15,18H,8-9,11H2,1-4H3,(H,19,22)/t15-/m0/s1. The molecule has 0 aliphatic carbocycles. The third-order valence-electron chi connectivity index (χ3n) is 3.86. The lowest BCUT2D eigenvalue weighted by Gasteiger charge is -2.33. The molecule has 5 heteroatoms. The molecule has 1 aromatic carbocycles. The maximum Gasteiger partial charge on any atom is 0.324 e. The molecule has 0 unspecified atom stereocenters. The molecular weight excluding hydrogens is 278 g/mol. The molecule has 22 heavy (non-hydrogen) atoms. The second-order valence-electron chi connectivity index (χ2n) is 6.87. The summed E-state index contributed by atoms with van der Waals surface area (Å²) < 4.78 is 0. The molecule has 0 saturated carbocycles.